The zero-order valence-corrected chi connectivity index (χ0v) is 10.1. The van der Waals surface area contributed by atoms with E-state index in [1.807, 2.05) is 20.8 Å². The van der Waals surface area contributed by atoms with Crippen LogP contribution in [0.1, 0.15) is 50.2 Å². The molecule has 1 aromatic rings. The molecule has 3 N–H and O–H groups in total. The Hall–Kier alpha value is -1.43. The maximum absolute atomic E-state index is 11.3. The van der Waals surface area contributed by atoms with Gasteiger partial charge in [-0.25, -0.2) is 9.78 Å². The van der Waals surface area contributed by atoms with Gasteiger partial charge in [-0.2, -0.15) is 0 Å². The molecule has 0 unspecified atom stereocenters. The molecule has 6 heteroatoms. The summed E-state index contributed by atoms with van der Waals surface area (Å²) >= 11 is 0. The Bertz CT molecular complexity index is 367. The fourth-order valence-electron chi connectivity index (χ4n) is 1.11. The van der Waals surface area contributed by atoms with Crippen LogP contribution in [0.2, 0.25) is 0 Å². The summed E-state index contributed by atoms with van der Waals surface area (Å²) in [5, 5.41) is 6.44. The molecule has 1 rings (SSSR count). The van der Waals surface area contributed by atoms with Crippen molar-refractivity contribution < 1.29 is 9.53 Å². The number of rotatable bonds is 3. The van der Waals surface area contributed by atoms with Crippen LogP contribution in [0.25, 0.3) is 0 Å². The van der Waals surface area contributed by atoms with Crippen LogP contribution in [0.5, 0.6) is 0 Å². The van der Waals surface area contributed by atoms with Crippen molar-refractivity contribution in [3.8, 4) is 0 Å². The largest absolute Gasteiger partial charge is 0.460 e. The van der Waals surface area contributed by atoms with Crippen LogP contribution in [0, 0.1) is 5.41 Å². The Kier molecular flexibility index (Phi) is 3.64. The summed E-state index contributed by atoms with van der Waals surface area (Å²) in [5.41, 5.74) is 5.83. The monoisotopic (exact) mass is 226 g/mol. The molecule has 90 valence electrons. The van der Waals surface area contributed by atoms with Crippen LogP contribution in [0.4, 0.5) is 0 Å². The number of carbonyl (C=O) groups excluding carboxylic acids is 1. The number of ether oxygens (including phenoxy) is 1. The second-order valence-electron chi connectivity index (χ2n) is 4.61. The summed E-state index contributed by atoms with van der Waals surface area (Å²) in [4.78, 5) is 15.4. The summed E-state index contributed by atoms with van der Waals surface area (Å²) in [5.74, 6) is -0.0155. The van der Waals surface area contributed by atoms with Crippen molar-refractivity contribution in [1.29, 1.82) is 0 Å². The molecule has 0 aliphatic rings. The highest BCUT2D eigenvalue weighted by molar-refractivity contribution is 5.84. The Morgan fingerprint density at radius 1 is 1.56 bits per heavy atom. The van der Waals surface area contributed by atoms with Gasteiger partial charge in [0, 0.05) is 0 Å². The van der Waals surface area contributed by atoms with Crippen molar-refractivity contribution in [2.24, 2.45) is 11.1 Å². The van der Waals surface area contributed by atoms with Crippen molar-refractivity contribution in [1.82, 2.24) is 15.2 Å². The van der Waals surface area contributed by atoms with E-state index in [2.05, 4.69) is 15.2 Å². The molecule has 0 saturated carbocycles. The molecule has 16 heavy (non-hydrogen) atoms. The minimum atomic E-state index is -0.536. The highest BCUT2D eigenvalue weighted by atomic mass is 16.5. The van der Waals surface area contributed by atoms with Gasteiger partial charge in [-0.15, -0.1) is 5.10 Å². The van der Waals surface area contributed by atoms with E-state index >= 15 is 0 Å². The highest BCUT2D eigenvalue weighted by Gasteiger charge is 2.26. The zero-order valence-electron chi connectivity index (χ0n) is 10.1. The standard InChI is InChI=1S/C10H18N4O2/c1-5-16-9(15)8-12-7(13-14-8)6(11)10(2,3)4/h6H,5,11H2,1-4H3,(H,12,13,14)/t6-/m1/s1. The SMILES string of the molecule is CCOC(=O)c1n[nH]c([C@@H](N)C(C)(C)C)n1. The van der Waals surface area contributed by atoms with Gasteiger partial charge < -0.3 is 10.5 Å². The van der Waals surface area contributed by atoms with Gasteiger partial charge in [-0.05, 0) is 12.3 Å². The van der Waals surface area contributed by atoms with E-state index in [4.69, 9.17) is 10.5 Å². The van der Waals surface area contributed by atoms with Gasteiger partial charge in [0.2, 0.25) is 0 Å². The third-order valence-corrected chi connectivity index (χ3v) is 2.19. The first-order chi connectivity index (χ1) is 7.36. The molecule has 1 aromatic heterocycles. The molecule has 0 amide bonds. The van der Waals surface area contributed by atoms with Gasteiger partial charge in [-0.1, -0.05) is 20.8 Å². The normalized spacial score (nSPS) is 13.6. The lowest BCUT2D eigenvalue weighted by molar-refractivity contribution is 0.0512. The van der Waals surface area contributed by atoms with E-state index in [9.17, 15) is 4.79 Å². The predicted molar refractivity (Wildman–Crippen MR) is 58.7 cm³/mol. The molecule has 0 fully saturated rings. The van der Waals surface area contributed by atoms with Crippen molar-refractivity contribution in [2.45, 2.75) is 33.7 Å². The molecular formula is C10H18N4O2. The van der Waals surface area contributed by atoms with Gasteiger partial charge in [0.15, 0.2) is 0 Å². The maximum Gasteiger partial charge on any atom is 0.378 e. The molecule has 6 nitrogen and oxygen atoms in total. The van der Waals surface area contributed by atoms with Crippen molar-refractivity contribution in [2.75, 3.05) is 6.61 Å². The lowest BCUT2D eigenvalue weighted by Gasteiger charge is -2.24. The number of esters is 1. The second kappa shape index (κ2) is 4.61. The summed E-state index contributed by atoms with van der Waals surface area (Å²) in [7, 11) is 0. The number of nitrogens with zero attached hydrogens (tertiary/aromatic N) is 2. The lowest BCUT2D eigenvalue weighted by atomic mass is 9.87. The maximum atomic E-state index is 11.3. The van der Waals surface area contributed by atoms with Crippen LogP contribution in [-0.4, -0.2) is 27.8 Å². The zero-order chi connectivity index (χ0) is 12.3. The topological polar surface area (TPSA) is 93.9 Å². The summed E-state index contributed by atoms with van der Waals surface area (Å²) in [6.07, 6.45) is 0. The first-order valence-corrected chi connectivity index (χ1v) is 5.21. The summed E-state index contributed by atoms with van der Waals surface area (Å²) in [6.45, 7) is 8.00. The number of nitrogens with two attached hydrogens (primary N) is 1. The lowest BCUT2D eigenvalue weighted by Crippen LogP contribution is -2.27. The molecule has 1 atom stereocenters. The van der Waals surface area contributed by atoms with Crippen LogP contribution in [0.3, 0.4) is 0 Å². The average Bonchev–Trinajstić information content (AvgIpc) is 2.64. The van der Waals surface area contributed by atoms with Crippen molar-refractivity contribution in [3.63, 3.8) is 0 Å². The predicted octanol–water partition coefficient (Wildman–Crippen LogP) is 1.03. The van der Waals surface area contributed by atoms with Crippen molar-refractivity contribution >= 4 is 5.97 Å². The molecule has 0 aromatic carbocycles. The fourth-order valence-corrected chi connectivity index (χ4v) is 1.11. The Morgan fingerprint density at radius 2 is 2.19 bits per heavy atom. The van der Waals surface area contributed by atoms with Crippen LogP contribution < -0.4 is 5.73 Å². The minimum Gasteiger partial charge on any atom is -0.460 e. The number of aromatic amines is 1. The molecule has 0 spiro atoms. The van der Waals surface area contributed by atoms with E-state index in [0.29, 0.717) is 12.4 Å². The summed E-state index contributed by atoms with van der Waals surface area (Å²) < 4.78 is 4.78. The quantitative estimate of drug-likeness (QED) is 0.751. The summed E-state index contributed by atoms with van der Waals surface area (Å²) in [6, 6.07) is -0.303. The van der Waals surface area contributed by atoms with E-state index in [0.717, 1.165) is 0 Å². The minimum absolute atomic E-state index is 0.0246. The number of aromatic nitrogens is 3. The molecular weight excluding hydrogens is 208 g/mol. The van der Waals surface area contributed by atoms with Crippen LogP contribution >= 0.6 is 0 Å². The number of nitrogens with one attached hydrogen (secondary N) is 1. The van der Waals surface area contributed by atoms with Gasteiger partial charge in [0.05, 0.1) is 12.6 Å². The van der Waals surface area contributed by atoms with Gasteiger partial charge >= 0.3 is 5.97 Å². The van der Waals surface area contributed by atoms with Gasteiger partial charge in [-0.3, -0.25) is 5.10 Å². The molecule has 0 aliphatic carbocycles. The Morgan fingerprint density at radius 3 is 2.69 bits per heavy atom. The third kappa shape index (κ3) is 2.79. The molecule has 0 radical (unpaired) electrons. The number of hydrogen-bond donors (Lipinski definition) is 2. The van der Waals surface area contributed by atoms with Gasteiger partial charge in [0.25, 0.3) is 5.82 Å². The van der Waals surface area contributed by atoms with E-state index in [1.54, 1.807) is 6.92 Å². The number of hydrogen-bond acceptors (Lipinski definition) is 5. The Labute approximate surface area is 94.6 Å². The molecule has 1 heterocycles. The molecule has 0 bridgehead atoms. The third-order valence-electron chi connectivity index (χ3n) is 2.19. The smallest absolute Gasteiger partial charge is 0.378 e. The van der Waals surface area contributed by atoms with E-state index in [1.165, 1.54) is 0 Å². The molecule has 0 saturated heterocycles. The van der Waals surface area contributed by atoms with Gasteiger partial charge in [0.1, 0.15) is 5.82 Å². The molecule has 0 aliphatic heterocycles. The first-order valence-electron chi connectivity index (χ1n) is 5.21. The Balaban J connectivity index is 2.83. The number of H-pyrrole nitrogens is 1. The fraction of sp³-hybridized carbons (Fsp3) is 0.700. The number of carbonyl (C=O) groups is 1. The van der Waals surface area contributed by atoms with E-state index in [-0.39, 0.29) is 17.3 Å². The van der Waals surface area contributed by atoms with Crippen LogP contribution in [-0.2, 0) is 4.74 Å². The first kappa shape index (κ1) is 12.6. The average molecular weight is 226 g/mol. The van der Waals surface area contributed by atoms with Crippen molar-refractivity contribution in [3.05, 3.63) is 11.6 Å². The second-order valence-corrected chi connectivity index (χ2v) is 4.61. The highest BCUT2D eigenvalue weighted by Crippen LogP contribution is 2.27. The van der Waals surface area contributed by atoms with Crippen LogP contribution in [0.15, 0.2) is 0 Å². The van der Waals surface area contributed by atoms with E-state index < -0.39 is 5.97 Å².